The van der Waals surface area contributed by atoms with E-state index in [0.29, 0.717) is 17.2 Å². The summed E-state index contributed by atoms with van der Waals surface area (Å²) in [5.41, 5.74) is 0.219. The molecule has 0 fully saturated rings. The van der Waals surface area contributed by atoms with Crippen LogP contribution in [0.5, 0.6) is 17.2 Å². The van der Waals surface area contributed by atoms with Crippen LogP contribution in [-0.4, -0.2) is 56.7 Å². The van der Waals surface area contributed by atoms with Crippen molar-refractivity contribution in [3.05, 3.63) is 17.7 Å². The third-order valence-corrected chi connectivity index (χ3v) is 2.73. The number of carbonyl (C=O) groups excluding carboxylic acids is 1. The number of aliphatic hydroxyl groups excluding tert-OH is 2. The molecule has 1 aromatic rings. The molecule has 20 heavy (non-hydrogen) atoms. The number of benzene rings is 1. The zero-order valence-corrected chi connectivity index (χ0v) is 11.7. The van der Waals surface area contributed by atoms with Crippen LogP contribution in [0.15, 0.2) is 12.1 Å². The van der Waals surface area contributed by atoms with Crippen LogP contribution in [0, 0.1) is 0 Å². The third-order valence-electron chi connectivity index (χ3n) is 2.73. The van der Waals surface area contributed by atoms with Crippen LogP contribution in [0.2, 0.25) is 0 Å². The Bertz CT molecular complexity index is 458. The third kappa shape index (κ3) is 3.52. The Kier molecular flexibility index (Phi) is 6.08. The minimum atomic E-state index is -0.736. The van der Waals surface area contributed by atoms with E-state index >= 15 is 0 Å². The molecule has 1 rings (SSSR count). The van der Waals surface area contributed by atoms with Crippen LogP contribution >= 0.6 is 0 Å². The van der Waals surface area contributed by atoms with Gasteiger partial charge in [-0.2, -0.15) is 0 Å². The van der Waals surface area contributed by atoms with E-state index in [1.165, 1.54) is 33.5 Å². The average molecular weight is 285 g/mol. The van der Waals surface area contributed by atoms with Crippen LogP contribution in [0.25, 0.3) is 0 Å². The summed E-state index contributed by atoms with van der Waals surface area (Å²) < 4.78 is 15.4. The van der Waals surface area contributed by atoms with E-state index in [4.69, 9.17) is 24.4 Å². The number of methoxy groups -OCH3 is 3. The highest BCUT2D eigenvalue weighted by Gasteiger charge is 2.19. The first-order chi connectivity index (χ1) is 9.60. The van der Waals surface area contributed by atoms with E-state index in [9.17, 15) is 4.79 Å². The molecule has 0 atom stereocenters. The zero-order chi connectivity index (χ0) is 15.1. The second-order valence-corrected chi connectivity index (χ2v) is 3.94. The van der Waals surface area contributed by atoms with Gasteiger partial charge in [-0.25, -0.2) is 0 Å². The fourth-order valence-corrected chi connectivity index (χ4v) is 1.62. The maximum atomic E-state index is 12.1. The minimum Gasteiger partial charge on any atom is -0.496 e. The fourth-order valence-electron chi connectivity index (χ4n) is 1.62. The van der Waals surface area contributed by atoms with Crippen LogP contribution in [0.1, 0.15) is 10.4 Å². The molecule has 0 spiro atoms. The van der Waals surface area contributed by atoms with Gasteiger partial charge in [-0.1, -0.05) is 0 Å². The highest BCUT2D eigenvalue weighted by molar-refractivity contribution is 5.98. The van der Waals surface area contributed by atoms with E-state index < -0.39 is 11.9 Å². The number of ether oxygens (including phenoxy) is 3. The zero-order valence-electron chi connectivity index (χ0n) is 11.7. The molecule has 0 saturated carbocycles. The monoisotopic (exact) mass is 285 g/mol. The molecule has 0 saturated heterocycles. The molecule has 0 radical (unpaired) electrons. The Balaban J connectivity index is 3.12. The SMILES string of the molecule is COc1cc(OC)c(C(=O)NC(CO)CO)cc1OC. The maximum Gasteiger partial charge on any atom is 0.255 e. The smallest absolute Gasteiger partial charge is 0.255 e. The summed E-state index contributed by atoms with van der Waals surface area (Å²) in [5.74, 6) is 0.621. The van der Waals surface area contributed by atoms with Crippen LogP contribution in [0.4, 0.5) is 0 Å². The van der Waals surface area contributed by atoms with Crippen molar-refractivity contribution in [1.82, 2.24) is 5.32 Å². The van der Waals surface area contributed by atoms with Gasteiger partial charge in [0.1, 0.15) is 5.75 Å². The number of rotatable bonds is 7. The number of carbonyl (C=O) groups is 1. The Morgan fingerprint density at radius 3 is 2.00 bits per heavy atom. The summed E-state index contributed by atoms with van der Waals surface area (Å²) in [5, 5.41) is 20.4. The summed E-state index contributed by atoms with van der Waals surface area (Å²) in [4.78, 5) is 12.1. The summed E-state index contributed by atoms with van der Waals surface area (Å²) in [6.07, 6.45) is 0. The lowest BCUT2D eigenvalue weighted by Gasteiger charge is -2.17. The molecule has 3 N–H and O–H groups in total. The summed E-state index contributed by atoms with van der Waals surface area (Å²) in [6.45, 7) is -0.726. The van der Waals surface area contributed by atoms with Gasteiger partial charge in [0.2, 0.25) is 0 Å². The van der Waals surface area contributed by atoms with Crippen molar-refractivity contribution < 1.29 is 29.2 Å². The Morgan fingerprint density at radius 1 is 1.05 bits per heavy atom. The van der Waals surface area contributed by atoms with E-state index in [2.05, 4.69) is 5.32 Å². The fraction of sp³-hybridized carbons (Fsp3) is 0.462. The van der Waals surface area contributed by atoms with Crippen molar-refractivity contribution in [2.24, 2.45) is 0 Å². The van der Waals surface area contributed by atoms with Gasteiger partial charge < -0.3 is 29.7 Å². The molecule has 0 bridgehead atoms. The number of hydrogen-bond donors (Lipinski definition) is 3. The quantitative estimate of drug-likeness (QED) is 0.641. The van der Waals surface area contributed by atoms with Gasteiger partial charge in [0.25, 0.3) is 5.91 Å². The van der Waals surface area contributed by atoms with Crippen LogP contribution in [-0.2, 0) is 0 Å². The molecule has 0 aliphatic carbocycles. The highest BCUT2D eigenvalue weighted by atomic mass is 16.5. The molecule has 1 aromatic carbocycles. The Hall–Kier alpha value is -1.99. The molecule has 7 heteroatoms. The lowest BCUT2D eigenvalue weighted by Crippen LogP contribution is -2.40. The Labute approximate surface area is 117 Å². The van der Waals surface area contributed by atoms with E-state index in [-0.39, 0.29) is 18.8 Å². The molecule has 0 aromatic heterocycles. The van der Waals surface area contributed by atoms with E-state index in [0.717, 1.165) is 0 Å². The average Bonchev–Trinajstić information content (AvgIpc) is 2.50. The standard InChI is InChI=1S/C13H19NO6/c1-18-10-5-12(20-3)11(19-2)4-9(10)13(17)14-8(6-15)7-16/h4-5,8,15-16H,6-7H2,1-3H3,(H,14,17). The van der Waals surface area contributed by atoms with Crippen molar-refractivity contribution in [1.29, 1.82) is 0 Å². The predicted molar refractivity (Wildman–Crippen MR) is 71.5 cm³/mol. The van der Waals surface area contributed by atoms with Crippen molar-refractivity contribution in [2.75, 3.05) is 34.5 Å². The topological polar surface area (TPSA) is 97.3 Å². The number of aliphatic hydroxyl groups is 2. The molecule has 0 aliphatic rings. The van der Waals surface area contributed by atoms with Gasteiger partial charge in [0, 0.05) is 12.1 Å². The van der Waals surface area contributed by atoms with Crippen LogP contribution < -0.4 is 19.5 Å². The molecule has 1 amide bonds. The summed E-state index contributed by atoms with van der Waals surface area (Å²) in [6, 6.07) is 2.26. The van der Waals surface area contributed by atoms with Crippen molar-refractivity contribution in [2.45, 2.75) is 6.04 Å². The largest absolute Gasteiger partial charge is 0.496 e. The molecule has 0 heterocycles. The highest BCUT2D eigenvalue weighted by Crippen LogP contribution is 2.34. The van der Waals surface area contributed by atoms with E-state index in [1.54, 1.807) is 0 Å². The summed E-state index contributed by atoms with van der Waals surface area (Å²) in [7, 11) is 4.36. The van der Waals surface area contributed by atoms with Crippen molar-refractivity contribution in [3.8, 4) is 17.2 Å². The number of amides is 1. The molecule has 112 valence electrons. The van der Waals surface area contributed by atoms with Gasteiger partial charge in [-0.05, 0) is 0 Å². The van der Waals surface area contributed by atoms with Gasteiger partial charge in [-0.3, -0.25) is 4.79 Å². The second kappa shape index (κ2) is 7.56. The van der Waals surface area contributed by atoms with Crippen molar-refractivity contribution in [3.63, 3.8) is 0 Å². The van der Waals surface area contributed by atoms with Gasteiger partial charge in [-0.15, -0.1) is 0 Å². The van der Waals surface area contributed by atoms with E-state index in [1.807, 2.05) is 0 Å². The lowest BCUT2D eigenvalue weighted by atomic mass is 10.1. The van der Waals surface area contributed by atoms with Gasteiger partial charge in [0.05, 0.1) is 46.1 Å². The van der Waals surface area contributed by atoms with Crippen LogP contribution in [0.3, 0.4) is 0 Å². The number of hydrogen-bond acceptors (Lipinski definition) is 6. The molecule has 7 nitrogen and oxygen atoms in total. The van der Waals surface area contributed by atoms with Gasteiger partial charge >= 0.3 is 0 Å². The van der Waals surface area contributed by atoms with Gasteiger partial charge in [0.15, 0.2) is 11.5 Å². The minimum absolute atomic E-state index is 0.219. The lowest BCUT2D eigenvalue weighted by molar-refractivity contribution is 0.0876. The maximum absolute atomic E-state index is 12.1. The molecular weight excluding hydrogens is 266 g/mol. The molecule has 0 aliphatic heterocycles. The number of nitrogens with one attached hydrogen (secondary N) is 1. The normalized spacial score (nSPS) is 10.3. The first kappa shape index (κ1) is 16.1. The molecule has 0 unspecified atom stereocenters. The van der Waals surface area contributed by atoms with Crippen molar-refractivity contribution >= 4 is 5.91 Å². The Morgan fingerprint density at radius 2 is 1.55 bits per heavy atom. The summed E-state index contributed by atoms with van der Waals surface area (Å²) >= 11 is 0. The predicted octanol–water partition coefficient (Wildman–Crippen LogP) is -0.205. The first-order valence-electron chi connectivity index (χ1n) is 5.93. The molecular formula is C13H19NO6. The second-order valence-electron chi connectivity index (χ2n) is 3.94. The first-order valence-corrected chi connectivity index (χ1v) is 5.93.